The number of allylic oxidation sites excluding steroid dienone is 2. The molecule has 2 heterocycles. The van der Waals surface area contributed by atoms with Crippen LogP contribution in [0.25, 0.3) is 11.4 Å². The first kappa shape index (κ1) is 18.2. The maximum absolute atomic E-state index is 12.9. The predicted molar refractivity (Wildman–Crippen MR) is 111 cm³/mol. The van der Waals surface area contributed by atoms with Gasteiger partial charge in [0.15, 0.2) is 11.6 Å². The van der Waals surface area contributed by atoms with Gasteiger partial charge in [0.05, 0.1) is 0 Å². The molecule has 0 radical (unpaired) electrons. The van der Waals surface area contributed by atoms with Gasteiger partial charge in [-0.05, 0) is 49.2 Å². The Labute approximate surface area is 176 Å². The minimum absolute atomic E-state index is 0.0853. The molecule has 0 fully saturated rings. The Morgan fingerprint density at radius 2 is 1.90 bits per heavy atom. The van der Waals surface area contributed by atoms with Gasteiger partial charge in [-0.25, -0.2) is 4.68 Å². The Hall–Kier alpha value is -2.83. The normalized spacial score (nSPS) is 18.3. The van der Waals surface area contributed by atoms with E-state index in [1.807, 2.05) is 6.07 Å². The van der Waals surface area contributed by atoms with Gasteiger partial charge in [0.2, 0.25) is 5.95 Å². The van der Waals surface area contributed by atoms with E-state index in [9.17, 15) is 9.90 Å². The summed E-state index contributed by atoms with van der Waals surface area (Å²) < 4.78 is 1.71. The van der Waals surface area contributed by atoms with E-state index in [0.717, 1.165) is 29.7 Å². The summed E-state index contributed by atoms with van der Waals surface area (Å²) in [4.78, 5) is 17.5. The van der Waals surface area contributed by atoms with Crippen LogP contribution in [0.1, 0.15) is 30.9 Å². The number of nitrogens with zero attached hydrogens (tertiary/aromatic N) is 3. The molecule has 5 rings (SSSR count). The van der Waals surface area contributed by atoms with Gasteiger partial charge in [-0.15, -0.1) is 5.10 Å². The zero-order valence-electron chi connectivity index (χ0n) is 15.2. The number of carbonyl (C=O) groups excluding carboxylic acids is 1. The highest BCUT2D eigenvalue weighted by Gasteiger charge is 2.37. The lowest BCUT2D eigenvalue weighted by Gasteiger charge is -2.32. The summed E-state index contributed by atoms with van der Waals surface area (Å²) in [5.41, 5.74) is 3.06. The van der Waals surface area contributed by atoms with Gasteiger partial charge >= 0.3 is 0 Å². The van der Waals surface area contributed by atoms with E-state index in [4.69, 9.17) is 23.2 Å². The van der Waals surface area contributed by atoms with E-state index in [2.05, 4.69) is 15.4 Å². The standard InChI is InChI=1S/C21H16Cl2N4O2/c22-12-6-9-14(15(23)10-12)19-18-16(2-1-3-17(18)29)24-21-25-20(26-27(19)21)11-4-7-13(28)8-5-11/h4-10,19,28H,1-3H2,(H,24,25,26). The minimum atomic E-state index is -0.475. The van der Waals surface area contributed by atoms with Crippen molar-refractivity contribution in [3.05, 3.63) is 69.3 Å². The molecule has 3 aromatic rings. The van der Waals surface area contributed by atoms with Crippen LogP contribution in [-0.2, 0) is 4.79 Å². The number of carbonyl (C=O) groups is 1. The lowest BCUT2D eigenvalue weighted by atomic mass is 9.85. The fraction of sp³-hybridized carbons (Fsp3) is 0.190. The second-order valence-corrected chi connectivity index (χ2v) is 7.96. The zero-order chi connectivity index (χ0) is 20.1. The highest BCUT2D eigenvalue weighted by molar-refractivity contribution is 6.35. The molecule has 2 aliphatic rings. The predicted octanol–water partition coefficient (Wildman–Crippen LogP) is 4.98. The van der Waals surface area contributed by atoms with Gasteiger partial charge in [0, 0.05) is 38.9 Å². The third kappa shape index (κ3) is 3.09. The number of Topliss-reactive ketones (excluding diaryl/α,β-unsaturated/α-hetero) is 1. The van der Waals surface area contributed by atoms with Crippen LogP contribution in [0.5, 0.6) is 5.75 Å². The SMILES string of the molecule is O=C1CCCC2=C1C(c1ccc(Cl)cc1Cl)n1nc(-c3ccc(O)cc3)nc1N2. The molecular weight excluding hydrogens is 411 g/mol. The molecule has 1 aliphatic carbocycles. The summed E-state index contributed by atoms with van der Waals surface area (Å²) >= 11 is 12.6. The first-order valence-corrected chi connectivity index (χ1v) is 10.0. The summed E-state index contributed by atoms with van der Waals surface area (Å²) in [5, 5.41) is 18.5. The lowest BCUT2D eigenvalue weighted by molar-refractivity contribution is -0.116. The Balaban J connectivity index is 1.69. The van der Waals surface area contributed by atoms with Gasteiger partial charge in [0.25, 0.3) is 0 Å². The van der Waals surface area contributed by atoms with Crippen LogP contribution in [0.15, 0.2) is 53.7 Å². The number of ketones is 1. The van der Waals surface area contributed by atoms with E-state index in [-0.39, 0.29) is 11.5 Å². The molecule has 0 saturated carbocycles. The van der Waals surface area contributed by atoms with Crippen LogP contribution >= 0.6 is 23.2 Å². The molecule has 0 amide bonds. The van der Waals surface area contributed by atoms with Crippen LogP contribution in [0.2, 0.25) is 10.0 Å². The van der Waals surface area contributed by atoms with Crippen molar-refractivity contribution in [3.8, 4) is 17.1 Å². The van der Waals surface area contributed by atoms with Crippen molar-refractivity contribution in [1.82, 2.24) is 14.8 Å². The quantitative estimate of drug-likeness (QED) is 0.603. The second-order valence-electron chi connectivity index (χ2n) is 7.11. The van der Waals surface area contributed by atoms with E-state index in [1.165, 1.54) is 0 Å². The van der Waals surface area contributed by atoms with Gasteiger partial charge < -0.3 is 10.4 Å². The van der Waals surface area contributed by atoms with Gasteiger partial charge in [-0.3, -0.25) is 4.79 Å². The van der Waals surface area contributed by atoms with E-state index >= 15 is 0 Å². The number of aromatic nitrogens is 3. The fourth-order valence-corrected chi connectivity index (χ4v) is 4.41. The Bertz CT molecular complexity index is 1170. The summed E-state index contributed by atoms with van der Waals surface area (Å²) in [5.74, 6) is 1.30. The first-order chi connectivity index (χ1) is 14.0. The summed E-state index contributed by atoms with van der Waals surface area (Å²) in [6.07, 6.45) is 2.06. The average Bonchev–Trinajstić information content (AvgIpc) is 3.11. The first-order valence-electron chi connectivity index (χ1n) is 9.25. The number of phenolic OH excluding ortho intramolecular Hbond substituents is 1. The highest BCUT2D eigenvalue weighted by atomic mass is 35.5. The molecule has 6 nitrogen and oxygen atoms in total. The van der Waals surface area contributed by atoms with Crippen molar-refractivity contribution in [2.24, 2.45) is 0 Å². The molecule has 0 saturated heterocycles. The summed E-state index contributed by atoms with van der Waals surface area (Å²) in [6, 6.07) is 11.5. The van der Waals surface area contributed by atoms with Gasteiger partial charge in [-0.2, -0.15) is 4.98 Å². The van der Waals surface area contributed by atoms with Crippen LogP contribution < -0.4 is 5.32 Å². The maximum Gasteiger partial charge on any atom is 0.226 e. The zero-order valence-corrected chi connectivity index (χ0v) is 16.7. The number of phenols is 1. The molecule has 1 atom stereocenters. The van der Waals surface area contributed by atoms with E-state index in [1.54, 1.807) is 41.1 Å². The van der Waals surface area contributed by atoms with Gasteiger partial charge in [0.1, 0.15) is 11.8 Å². The molecule has 1 aromatic heterocycles. The molecule has 146 valence electrons. The van der Waals surface area contributed by atoms with Crippen LogP contribution in [0.4, 0.5) is 5.95 Å². The number of hydrogen-bond acceptors (Lipinski definition) is 5. The molecule has 29 heavy (non-hydrogen) atoms. The third-order valence-corrected chi connectivity index (χ3v) is 5.81. The molecule has 0 spiro atoms. The molecular formula is C21H16Cl2N4O2. The number of hydrogen-bond donors (Lipinski definition) is 2. The topological polar surface area (TPSA) is 80.0 Å². The van der Waals surface area contributed by atoms with E-state index < -0.39 is 6.04 Å². The average molecular weight is 427 g/mol. The summed E-state index contributed by atoms with van der Waals surface area (Å²) in [6.45, 7) is 0. The number of anilines is 1. The molecule has 0 bridgehead atoms. The van der Waals surface area contributed by atoms with Crippen LogP contribution in [0, 0.1) is 0 Å². The van der Waals surface area contributed by atoms with Crippen LogP contribution in [-0.4, -0.2) is 25.7 Å². The molecule has 8 heteroatoms. The second kappa shape index (κ2) is 6.90. The number of aromatic hydroxyl groups is 1. The number of fused-ring (bicyclic) bond motifs is 1. The monoisotopic (exact) mass is 426 g/mol. The van der Waals surface area contributed by atoms with Crippen molar-refractivity contribution in [2.45, 2.75) is 25.3 Å². The van der Waals surface area contributed by atoms with Crippen molar-refractivity contribution in [2.75, 3.05) is 5.32 Å². The molecule has 1 unspecified atom stereocenters. The van der Waals surface area contributed by atoms with Crippen LogP contribution in [0.3, 0.4) is 0 Å². The number of halogens is 2. The highest BCUT2D eigenvalue weighted by Crippen LogP contribution is 2.43. The Kier molecular flexibility index (Phi) is 4.33. The number of rotatable bonds is 2. The minimum Gasteiger partial charge on any atom is -0.508 e. The summed E-state index contributed by atoms with van der Waals surface area (Å²) in [7, 11) is 0. The largest absolute Gasteiger partial charge is 0.508 e. The molecule has 2 aromatic carbocycles. The van der Waals surface area contributed by atoms with Crippen molar-refractivity contribution >= 4 is 34.9 Å². The smallest absolute Gasteiger partial charge is 0.226 e. The third-order valence-electron chi connectivity index (χ3n) is 5.25. The number of nitrogens with one attached hydrogen (secondary N) is 1. The fourth-order valence-electron chi connectivity index (χ4n) is 3.90. The van der Waals surface area contributed by atoms with Crippen molar-refractivity contribution < 1.29 is 9.90 Å². The Morgan fingerprint density at radius 1 is 1.10 bits per heavy atom. The van der Waals surface area contributed by atoms with Gasteiger partial charge in [-0.1, -0.05) is 29.3 Å². The maximum atomic E-state index is 12.9. The molecule has 1 aliphatic heterocycles. The van der Waals surface area contributed by atoms with Crippen molar-refractivity contribution in [3.63, 3.8) is 0 Å². The van der Waals surface area contributed by atoms with E-state index in [0.29, 0.717) is 33.8 Å². The Morgan fingerprint density at radius 3 is 2.66 bits per heavy atom. The lowest BCUT2D eigenvalue weighted by Crippen LogP contribution is -2.31. The molecule has 2 N–H and O–H groups in total. The number of benzene rings is 2. The van der Waals surface area contributed by atoms with Crippen molar-refractivity contribution in [1.29, 1.82) is 0 Å².